The summed E-state index contributed by atoms with van der Waals surface area (Å²) in [6.45, 7) is 15.6. The normalized spacial score (nSPS) is 20.8. The summed E-state index contributed by atoms with van der Waals surface area (Å²) in [5.41, 5.74) is 0.600. The van der Waals surface area contributed by atoms with Crippen molar-refractivity contribution in [3.8, 4) is 0 Å². The highest BCUT2D eigenvalue weighted by Gasteiger charge is 2.36. The predicted octanol–water partition coefficient (Wildman–Crippen LogP) is 2.90. The Morgan fingerprint density at radius 1 is 1.26 bits per heavy atom. The van der Waals surface area contributed by atoms with Gasteiger partial charge < -0.3 is 10.1 Å². The fraction of sp³-hybridized carbons (Fsp3) is 1.00. The van der Waals surface area contributed by atoms with Crippen LogP contribution in [0.3, 0.4) is 0 Å². The second kappa shape index (κ2) is 8.93. The van der Waals surface area contributed by atoms with Crippen LogP contribution in [0.4, 0.5) is 0 Å². The van der Waals surface area contributed by atoms with E-state index in [2.05, 4.69) is 37.9 Å². The molecule has 1 aliphatic rings. The molecule has 1 rings (SSSR count). The van der Waals surface area contributed by atoms with Crippen LogP contribution in [0.15, 0.2) is 0 Å². The molecule has 3 heteroatoms. The summed E-state index contributed by atoms with van der Waals surface area (Å²) in [6, 6.07) is 0.659. The third kappa shape index (κ3) is 5.41. The Morgan fingerprint density at radius 2 is 2.00 bits per heavy atom. The van der Waals surface area contributed by atoms with Crippen LogP contribution in [-0.4, -0.2) is 50.3 Å². The topological polar surface area (TPSA) is 24.5 Å². The van der Waals surface area contributed by atoms with Gasteiger partial charge in [0.25, 0.3) is 0 Å². The quantitative estimate of drug-likeness (QED) is 0.618. The fourth-order valence-electron chi connectivity index (χ4n) is 3.06. The van der Waals surface area contributed by atoms with Gasteiger partial charge >= 0.3 is 0 Å². The minimum atomic E-state index is 0.600. The molecule has 0 aromatic heterocycles. The number of nitrogens with zero attached hydrogens (tertiary/aromatic N) is 1. The van der Waals surface area contributed by atoms with Gasteiger partial charge in [-0.25, -0.2) is 0 Å². The first kappa shape index (κ1) is 16.9. The van der Waals surface area contributed by atoms with Crippen molar-refractivity contribution >= 4 is 0 Å². The zero-order valence-electron chi connectivity index (χ0n) is 13.5. The SMILES string of the molecule is CCOCCCNCC(C)N1CCC(CC)(CC)C1. The van der Waals surface area contributed by atoms with Gasteiger partial charge in [0, 0.05) is 32.3 Å². The highest BCUT2D eigenvalue weighted by molar-refractivity contribution is 4.90. The molecule has 19 heavy (non-hydrogen) atoms. The molecule has 1 fully saturated rings. The lowest BCUT2D eigenvalue weighted by Gasteiger charge is -2.29. The van der Waals surface area contributed by atoms with E-state index >= 15 is 0 Å². The second-order valence-electron chi connectivity index (χ2n) is 6.03. The summed E-state index contributed by atoms with van der Waals surface area (Å²) in [6.07, 6.45) is 5.16. The van der Waals surface area contributed by atoms with Crippen molar-refractivity contribution in [2.24, 2.45) is 5.41 Å². The number of hydrogen-bond donors (Lipinski definition) is 1. The van der Waals surface area contributed by atoms with E-state index in [9.17, 15) is 0 Å². The summed E-state index contributed by atoms with van der Waals surface area (Å²) in [7, 11) is 0. The molecular formula is C16H34N2O. The Balaban J connectivity index is 2.15. The van der Waals surface area contributed by atoms with E-state index in [1.54, 1.807) is 0 Å². The maximum Gasteiger partial charge on any atom is 0.0477 e. The largest absolute Gasteiger partial charge is 0.382 e. The molecule has 1 heterocycles. The van der Waals surface area contributed by atoms with Gasteiger partial charge in [0.15, 0.2) is 0 Å². The van der Waals surface area contributed by atoms with Gasteiger partial charge in [0.05, 0.1) is 0 Å². The van der Waals surface area contributed by atoms with Crippen LogP contribution in [0.25, 0.3) is 0 Å². The van der Waals surface area contributed by atoms with Crippen LogP contribution in [0.2, 0.25) is 0 Å². The Hall–Kier alpha value is -0.120. The van der Waals surface area contributed by atoms with E-state index in [0.29, 0.717) is 11.5 Å². The summed E-state index contributed by atoms with van der Waals surface area (Å²) in [5.74, 6) is 0. The van der Waals surface area contributed by atoms with Crippen molar-refractivity contribution in [3.05, 3.63) is 0 Å². The monoisotopic (exact) mass is 270 g/mol. The van der Waals surface area contributed by atoms with Crippen LogP contribution in [0, 0.1) is 5.41 Å². The smallest absolute Gasteiger partial charge is 0.0477 e. The summed E-state index contributed by atoms with van der Waals surface area (Å²) in [5, 5.41) is 3.56. The van der Waals surface area contributed by atoms with Crippen molar-refractivity contribution < 1.29 is 4.74 Å². The maximum atomic E-state index is 5.35. The average molecular weight is 270 g/mol. The number of nitrogens with one attached hydrogen (secondary N) is 1. The molecule has 0 amide bonds. The molecule has 0 aromatic rings. The van der Waals surface area contributed by atoms with Gasteiger partial charge in [-0.15, -0.1) is 0 Å². The molecule has 3 nitrogen and oxygen atoms in total. The highest BCUT2D eigenvalue weighted by Crippen LogP contribution is 2.37. The van der Waals surface area contributed by atoms with Gasteiger partial charge in [-0.1, -0.05) is 13.8 Å². The van der Waals surface area contributed by atoms with E-state index in [-0.39, 0.29) is 0 Å². The molecule has 1 unspecified atom stereocenters. The van der Waals surface area contributed by atoms with Crippen molar-refractivity contribution in [1.29, 1.82) is 0 Å². The molecule has 0 aromatic carbocycles. The molecule has 1 atom stereocenters. The van der Waals surface area contributed by atoms with E-state index in [1.807, 2.05) is 0 Å². The molecule has 0 bridgehead atoms. The molecule has 0 saturated carbocycles. The highest BCUT2D eigenvalue weighted by atomic mass is 16.5. The molecule has 0 spiro atoms. The zero-order chi connectivity index (χ0) is 14.1. The number of rotatable bonds is 10. The minimum absolute atomic E-state index is 0.600. The lowest BCUT2D eigenvalue weighted by Crippen LogP contribution is -2.40. The summed E-state index contributed by atoms with van der Waals surface area (Å²) in [4.78, 5) is 2.67. The van der Waals surface area contributed by atoms with Crippen LogP contribution in [0.5, 0.6) is 0 Å². The van der Waals surface area contributed by atoms with Gasteiger partial charge in [-0.3, -0.25) is 4.90 Å². The second-order valence-corrected chi connectivity index (χ2v) is 6.03. The van der Waals surface area contributed by atoms with Gasteiger partial charge in [0.1, 0.15) is 0 Å². The molecule has 1 N–H and O–H groups in total. The first-order chi connectivity index (χ1) is 9.17. The Bertz CT molecular complexity index is 229. The standard InChI is InChI=1S/C16H34N2O/c1-5-16(6-2)9-11-18(14-16)15(4)13-17-10-8-12-19-7-3/h15,17H,5-14H2,1-4H3. The lowest BCUT2D eigenvalue weighted by atomic mass is 9.82. The van der Waals surface area contributed by atoms with E-state index in [1.165, 1.54) is 32.4 Å². The molecule has 1 saturated heterocycles. The zero-order valence-corrected chi connectivity index (χ0v) is 13.5. The minimum Gasteiger partial charge on any atom is -0.382 e. The van der Waals surface area contributed by atoms with E-state index in [4.69, 9.17) is 4.74 Å². The third-order valence-corrected chi connectivity index (χ3v) is 4.88. The van der Waals surface area contributed by atoms with Crippen molar-refractivity contribution in [3.63, 3.8) is 0 Å². The van der Waals surface area contributed by atoms with Gasteiger partial charge in [-0.2, -0.15) is 0 Å². The van der Waals surface area contributed by atoms with E-state index < -0.39 is 0 Å². The number of ether oxygens (including phenoxy) is 1. The maximum absolute atomic E-state index is 5.35. The lowest BCUT2D eigenvalue weighted by molar-refractivity contribution is 0.143. The first-order valence-corrected chi connectivity index (χ1v) is 8.20. The van der Waals surface area contributed by atoms with Crippen LogP contribution < -0.4 is 5.32 Å². The molecule has 0 radical (unpaired) electrons. The fourth-order valence-corrected chi connectivity index (χ4v) is 3.06. The van der Waals surface area contributed by atoms with Crippen LogP contribution in [0.1, 0.15) is 53.4 Å². The van der Waals surface area contributed by atoms with Gasteiger partial charge in [0.2, 0.25) is 0 Å². The van der Waals surface area contributed by atoms with Crippen LogP contribution >= 0.6 is 0 Å². The van der Waals surface area contributed by atoms with E-state index in [0.717, 1.165) is 32.7 Å². The third-order valence-electron chi connectivity index (χ3n) is 4.88. The summed E-state index contributed by atoms with van der Waals surface area (Å²) < 4.78 is 5.35. The van der Waals surface area contributed by atoms with Crippen molar-refractivity contribution in [2.75, 3.05) is 39.4 Å². The average Bonchev–Trinajstić information content (AvgIpc) is 2.88. The Kier molecular flexibility index (Phi) is 7.96. The van der Waals surface area contributed by atoms with Crippen LogP contribution in [-0.2, 0) is 4.74 Å². The first-order valence-electron chi connectivity index (χ1n) is 8.20. The number of likely N-dealkylation sites (tertiary alicyclic amines) is 1. The Morgan fingerprint density at radius 3 is 2.58 bits per heavy atom. The predicted molar refractivity (Wildman–Crippen MR) is 82.6 cm³/mol. The molecule has 0 aliphatic carbocycles. The molecule has 1 aliphatic heterocycles. The summed E-state index contributed by atoms with van der Waals surface area (Å²) >= 11 is 0. The van der Waals surface area contributed by atoms with Crippen molar-refractivity contribution in [2.45, 2.75) is 59.4 Å². The molecular weight excluding hydrogens is 236 g/mol. The van der Waals surface area contributed by atoms with Gasteiger partial charge in [-0.05, 0) is 58.0 Å². The Labute approximate surface area is 120 Å². The number of hydrogen-bond acceptors (Lipinski definition) is 3. The van der Waals surface area contributed by atoms with Crippen molar-refractivity contribution in [1.82, 2.24) is 10.2 Å². The molecule has 114 valence electrons.